The lowest BCUT2D eigenvalue weighted by Gasteiger charge is -2.14. The van der Waals surface area contributed by atoms with Crippen LogP contribution in [0, 0.1) is 10.1 Å². The Kier molecular flexibility index (Phi) is 5.03. The predicted octanol–water partition coefficient (Wildman–Crippen LogP) is 4.07. The van der Waals surface area contributed by atoms with E-state index in [4.69, 9.17) is 4.74 Å². The van der Waals surface area contributed by atoms with E-state index in [9.17, 15) is 14.9 Å². The van der Waals surface area contributed by atoms with Crippen molar-refractivity contribution in [1.29, 1.82) is 0 Å². The molecule has 5 heteroatoms. The largest absolute Gasteiger partial charge is 0.450 e. The zero-order chi connectivity index (χ0) is 15.9. The molecule has 0 amide bonds. The third-order valence-corrected chi connectivity index (χ3v) is 3.04. The van der Waals surface area contributed by atoms with E-state index in [1.165, 1.54) is 24.3 Å². The van der Waals surface area contributed by atoms with Crippen molar-refractivity contribution < 1.29 is 14.5 Å². The maximum absolute atomic E-state index is 12.2. The number of nitro groups is 1. The van der Waals surface area contributed by atoms with Crippen LogP contribution >= 0.6 is 0 Å². The summed E-state index contributed by atoms with van der Waals surface area (Å²) in [5.41, 5.74) is 1.07. The van der Waals surface area contributed by atoms with Crippen molar-refractivity contribution in [3.05, 3.63) is 88.0 Å². The summed E-state index contributed by atoms with van der Waals surface area (Å²) in [6, 6.07) is 14.7. The summed E-state index contributed by atoms with van der Waals surface area (Å²) in [6.45, 7) is 1.84. The van der Waals surface area contributed by atoms with Crippen molar-refractivity contribution in [1.82, 2.24) is 0 Å². The molecule has 0 unspecified atom stereocenters. The molecular weight excluding hydrogens is 282 g/mol. The first kappa shape index (κ1) is 15.4. The van der Waals surface area contributed by atoms with Gasteiger partial charge in [-0.3, -0.25) is 10.1 Å². The summed E-state index contributed by atoms with van der Waals surface area (Å²) in [7, 11) is 0. The van der Waals surface area contributed by atoms with Crippen LogP contribution in [0.2, 0.25) is 0 Å². The Hall–Kier alpha value is -2.95. The molecule has 2 aromatic rings. The normalized spacial score (nSPS) is 12.0. The summed E-state index contributed by atoms with van der Waals surface area (Å²) in [5.74, 6) is -0.526. The number of nitrogens with zero attached hydrogens (tertiary/aromatic N) is 1. The lowest BCUT2D eigenvalue weighted by Crippen LogP contribution is -2.10. The van der Waals surface area contributed by atoms with Gasteiger partial charge >= 0.3 is 5.97 Å². The first-order chi connectivity index (χ1) is 10.6. The number of ether oxygens (including phenoxy) is 1. The molecule has 0 saturated carbocycles. The van der Waals surface area contributed by atoms with E-state index in [0.29, 0.717) is 0 Å². The van der Waals surface area contributed by atoms with Crippen molar-refractivity contribution in [3.8, 4) is 0 Å². The van der Waals surface area contributed by atoms with Gasteiger partial charge in [0.2, 0.25) is 0 Å². The van der Waals surface area contributed by atoms with E-state index >= 15 is 0 Å². The van der Waals surface area contributed by atoms with Gasteiger partial charge < -0.3 is 4.74 Å². The summed E-state index contributed by atoms with van der Waals surface area (Å²) in [5, 5.41) is 10.6. The lowest BCUT2D eigenvalue weighted by molar-refractivity contribution is -0.384. The molecule has 22 heavy (non-hydrogen) atoms. The van der Waals surface area contributed by atoms with Crippen LogP contribution < -0.4 is 0 Å². The number of allylic oxidation sites excluding steroid dienone is 1. The smallest absolute Gasteiger partial charge is 0.339 e. The Labute approximate surface area is 128 Å². The fourth-order valence-electron chi connectivity index (χ4n) is 1.94. The second kappa shape index (κ2) is 7.17. The minimum absolute atomic E-state index is 0.0652. The highest BCUT2D eigenvalue weighted by Crippen LogP contribution is 2.21. The van der Waals surface area contributed by atoms with Gasteiger partial charge in [-0.25, -0.2) is 4.79 Å². The summed E-state index contributed by atoms with van der Waals surface area (Å²) < 4.78 is 5.47. The number of carbonyl (C=O) groups excluding carboxylic acids is 1. The number of hydrogen-bond donors (Lipinski definition) is 0. The second-order valence-corrected chi connectivity index (χ2v) is 4.57. The average molecular weight is 297 g/mol. The van der Waals surface area contributed by atoms with Gasteiger partial charge in [0.25, 0.3) is 5.69 Å². The molecule has 112 valence electrons. The molecule has 0 aliphatic carbocycles. The van der Waals surface area contributed by atoms with E-state index in [2.05, 4.69) is 0 Å². The molecule has 0 aliphatic heterocycles. The molecule has 0 heterocycles. The van der Waals surface area contributed by atoms with E-state index in [0.717, 1.165) is 5.56 Å². The van der Waals surface area contributed by atoms with Crippen molar-refractivity contribution in [2.75, 3.05) is 0 Å². The van der Waals surface area contributed by atoms with Crippen LogP contribution in [0.15, 0.2) is 66.7 Å². The number of benzene rings is 2. The molecule has 1 atom stereocenters. The molecular formula is C17H15NO4. The molecule has 0 bridgehead atoms. The molecule has 2 rings (SSSR count). The van der Waals surface area contributed by atoms with E-state index in [1.807, 2.05) is 37.3 Å². The van der Waals surface area contributed by atoms with Gasteiger partial charge in [-0.05, 0) is 30.7 Å². The van der Waals surface area contributed by atoms with Crippen LogP contribution in [0.1, 0.15) is 28.9 Å². The highest BCUT2D eigenvalue weighted by atomic mass is 16.6. The van der Waals surface area contributed by atoms with Gasteiger partial charge in [-0.2, -0.15) is 0 Å². The average Bonchev–Trinajstić information content (AvgIpc) is 2.55. The number of nitro benzene ring substituents is 1. The summed E-state index contributed by atoms with van der Waals surface area (Å²) in [4.78, 5) is 22.3. The number of non-ortho nitro benzene ring substituents is 1. The quantitative estimate of drug-likeness (QED) is 0.361. The van der Waals surface area contributed by atoms with Crippen LogP contribution in [0.3, 0.4) is 0 Å². The standard InChI is InChI=1S/C17H15NO4/c1-2-6-16(13-7-4-3-5-8-13)22-17(19)14-9-11-15(12-10-14)18(20)21/h2-12,16H,1H3/b6-2+/t16-/m0/s1. The zero-order valence-corrected chi connectivity index (χ0v) is 12.0. The fourth-order valence-corrected chi connectivity index (χ4v) is 1.94. The second-order valence-electron chi connectivity index (χ2n) is 4.57. The number of esters is 1. The molecule has 2 aromatic carbocycles. The number of carbonyl (C=O) groups is 1. The molecule has 0 N–H and O–H groups in total. The van der Waals surface area contributed by atoms with Crippen molar-refractivity contribution in [2.45, 2.75) is 13.0 Å². The van der Waals surface area contributed by atoms with Crippen LogP contribution in [-0.4, -0.2) is 10.9 Å². The van der Waals surface area contributed by atoms with Crippen molar-refractivity contribution in [3.63, 3.8) is 0 Å². The molecule has 5 nitrogen and oxygen atoms in total. The summed E-state index contributed by atoms with van der Waals surface area (Å²) in [6.07, 6.45) is 3.09. The van der Waals surface area contributed by atoms with Crippen LogP contribution in [0.5, 0.6) is 0 Å². The lowest BCUT2D eigenvalue weighted by atomic mass is 10.1. The predicted molar refractivity (Wildman–Crippen MR) is 82.5 cm³/mol. The summed E-state index contributed by atoms with van der Waals surface area (Å²) >= 11 is 0. The fraction of sp³-hybridized carbons (Fsp3) is 0.118. The van der Waals surface area contributed by atoms with Crippen molar-refractivity contribution in [2.24, 2.45) is 0 Å². The minimum atomic E-state index is -0.526. The Morgan fingerprint density at radius 1 is 1.14 bits per heavy atom. The molecule has 0 aliphatic rings. The van der Waals surface area contributed by atoms with Crippen molar-refractivity contribution >= 4 is 11.7 Å². The van der Waals surface area contributed by atoms with Gasteiger partial charge in [0.05, 0.1) is 10.5 Å². The van der Waals surface area contributed by atoms with Gasteiger partial charge in [-0.1, -0.05) is 36.4 Å². The molecule has 0 fully saturated rings. The Morgan fingerprint density at radius 2 is 1.77 bits per heavy atom. The first-order valence-corrected chi connectivity index (χ1v) is 6.75. The van der Waals surface area contributed by atoms with E-state index in [1.54, 1.807) is 12.2 Å². The number of rotatable bonds is 5. The highest BCUT2D eigenvalue weighted by molar-refractivity contribution is 5.89. The molecule has 0 aromatic heterocycles. The van der Waals surface area contributed by atoms with Crippen LogP contribution in [0.25, 0.3) is 0 Å². The maximum atomic E-state index is 12.2. The number of hydrogen-bond acceptors (Lipinski definition) is 4. The first-order valence-electron chi connectivity index (χ1n) is 6.75. The molecule has 0 saturated heterocycles. The van der Waals surface area contributed by atoms with Crippen LogP contribution in [0.4, 0.5) is 5.69 Å². The van der Waals surface area contributed by atoms with E-state index in [-0.39, 0.29) is 11.3 Å². The minimum Gasteiger partial charge on any atom is -0.450 e. The highest BCUT2D eigenvalue weighted by Gasteiger charge is 2.16. The monoisotopic (exact) mass is 297 g/mol. The van der Waals surface area contributed by atoms with Gasteiger partial charge in [0, 0.05) is 12.1 Å². The van der Waals surface area contributed by atoms with Gasteiger partial charge in [-0.15, -0.1) is 0 Å². The Balaban J connectivity index is 2.16. The van der Waals surface area contributed by atoms with E-state index < -0.39 is 17.0 Å². The maximum Gasteiger partial charge on any atom is 0.339 e. The molecule has 0 spiro atoms. The van der Waals surface area contributed by atoms with Gasteiger partial charge in [0.15, 0.2) is 0 Å². The molecule has 0 radical (unpaired) electrons. The third-order valence-electron chi connectivity index (χ3n) is 3.04. The SMILES string of the molecule is C/C=C/[C@H](OC(=O)c1ccc([N+](=O)[O-])cc1)c1ccccc1. The zero-order valence-electron chi connectivity index (χ0n) is 12.0. The topological polar surface area (TPSA) is 69.4 Å². The van der Waals surface area contributed by atoms with Gasteiger partial charge in [0.1, 0.15) is 6.10 Å². The Morgan fingerprint density at radius 3 is 2.32 bits per heavy atom. The third kappa shape index (κ3) is 3.79. The van der Waals surface area contributed by atoms with Crippen LogP contribution in [-0.2, 0) is 4.74 Å². The Bertz CT molecular complexity index is 678.